The lowest BCUT2D eigenvalue weighted by Gasteiger charge is -2.14. The van der Waals surface area contributed by atoms with Crippen LogP contribution in [0, 0.1) is 5.92 Å². The molecule has 0 saturated heterocycles. The Balaban J connectivity index is 2.67. The lowest BCUT2D eigenvalue weighted by atomic mass is 10.0. The quantitative estimate of drug-likeness (QED) is 0.619. The SMILES string of the molecule is CCOc1nc(NC)nc(NCC(CC)CCO)n1. The van der Waals surface area contributed by atoms with E-state index in [4.69, 9.17) is 9.84 Å². The van der Waals surface area contributed by atoms with Gasteiger partial charge in [0, 0.05) is 20.2 Å². The van der Waals surface area contributed by atoms with Gasteiger partial charge in [0.25, 0.3) is 0 Å². The van der Waals surface area contributed by atoms with Crippen molar-refractivity contribution in [2.45, 2.75) is 26.7 Å². The van der Waals surface area contributed by atoms with E-state index in [0.29, 0.717) is 30.4 Å². The summed E-state index contributed by atoms with van der Waals surface area (Å²) in [6.45, 7) is 5.40. The van der Waals surface area contributed by atoms with E-state index < -0.39 is 0 Å². The van der Waals surface area contributed by atoms with Crippen LogP contribution in [-0.2, 0) is 0 Å². The summed E-state index contributed by atoms with van der Waals surface area (Å²) in [5.41, 5.74) is 0. The lowest BCUT2D eigenvalue weighted by molar-refractivity contribution is 0.258. The van der Waals surface area contributed by atoms with Crippen molar-refractivity contribution in [3.8, 4) is 6.01 Å². The minimum atomic E-state index is 0.198. The Labute approximate surface area is 113 Å². The van der Waals surface area contributed by atoms with E-state index in [1.807, 2.05) is 6.92 Å². The highest BCUT2D eigenvalue weighted by Crippen LogP contribution is 2.13. The fraction of sp³-hybridized carbons (Fsp3) is 0.750. The predicted molar refractivity (Wildman–Crippen MR) is 74.5 cm³/mol. The third-order valence-corrected chi connectivity index (χ3v) is 2.78. The Kier molecular flexibility index (Phi) is 6.88. The molecule has 0 amide bonds. The Bertz CT molecular complexity index is 375. The lowest BCUT2D eigenvalue weighted by Crippen LogP contribution is -2.17. The monoisotopic (exact) mass is 269 g/mol. The number of hydrogen-bond donors (Lipinski definition) is 3. The maximum Gasteiger partial charge on any atom is 0.323 e. The molecule has 1 rings (SSSR count). The van der Waals surface area contributed by atoms with Gasteiger partial charge in [-0.05, 0) is 19.3 Å². The summed E-state index contributed by atoms with van der Waals surface area (Å²) < 4.78 is 5.29. The molecule has 3 N–H and O–H groups in total. The van der Waals surface area contributed by atoms with Crippen molar-refractivity contribution in [1.29, 1.82) is 0 Å². The van der Waals surface area contributed by atoms with Crippen LogP contribution in [0.1, 0.15) is 26.7 Å². The molecule has 1 aromatic rings. The number of nitrogens with zero attached hydrogens (tertiary/aromatic N) is 3. The number of aromatic nitrogens is 3. The van der Waals surface area contributed by atoms with Crippen LogP contribution in [0.25, 0.3) is 0 Å². The summed E-state index contributed by atoms with van der Waals surface area (Å²) in [6, 6.07) is 0.305. The molecule has 0 spiro atoms. The molecule has 0 aromatic carbocycles. The van der Waals surface area contributed by atoms with Gasteiger partial charge >= 0.3 is 6.01 Å². The molecule has 1 aromatic heterocycles. The van der Waals surface area contributed by atoms with E-state index >= 15 is 0 Å². The molecule has 7 nitrogen and oxygen atoms in total. The number of rotatable bonds is 9. The van der Waals surface area contributed by atoms with Crippen LogP contribution >= 0.6 is 0 Å². The van der Waals surface area contributed by atoms with E-state index in [9.17, 15) is 0 Å². The number of ether oxygens (including phenoxy) is 1. The topological polar surface area (TPSA) is 92.2 Å². The standard InChI is InChI=1S/C12H23N5O2/c1-4-9(6-7-18)8-14-11-15-10(13-3)16-12(17-11)19-5-2/h9,18H,4-8H2,1-3H3,(H2,13,14,15,16,17). The van der Waals surface area contributed by atoms with E-state index in [1.54, 1.807) is 7.05 Å². The van der Waals surface area contributed by atoms with Gasteiger partial charge in [-0.25, -0.2) is 0 Å². The maximum absolute atomic E-state index is 8.96. The van der Waals surface area contributed by atoms with Crippen LogP contribution < -0.4 is 15.4 Å². The zero-order valence-electron chi connectivity index (χ0n) is 11.8. The molecule has 0 saturated carbocycles. The highest BCUT2D eigenvalue weighted by molar-refractivity contribution is 5.35. The molecule has 108 valence electrons. The molecular formula is C12H23N5O2. The number of aliphatic hydroxyl groups is 1. The zero-order chi connectivity index (χ0) is 14.1. The minimum absolute atomic E-state index is 0.198. The molecule has 0 radical (unpaired) electrons. The van der Waals surface area contributed by atoms with Crippen molar-refractivity contribution in [3.05, 3.63) is 0 Å². The summed E-state index contributed by atoms with van der Waals surface area (Å²) in [5, 5.41) is 15.0. The molecule has 19 heavy (non-hydrogen) atoms. The summed E-state index contributed by atoms with van der Waals surface area (Å²) in [7, 11) is 1.75. The van der Waals surface area contributed by atoms with E-state index in [0.717, 1.165) is 19.4 Å². The first-order valence-electron chi connectivity index (χ1n) is 6.64. The smallest absolute Gasteiger partial charge is 0.323 e. The normalized spacial score (nSPS) is 12.0. The summed E-state index contributed by atoms with van der Waals surface area (Å²) in [5.74, 6) is 1.35. The molecule has 0 aliphatic rings. The summed E-state index contributed by atoms with van der Waals surface area (Å²) >= 11 is 0. The maximum atomic E-state index is 8.96. The van der Waals surface area contributed by atoms with Crippen molar-refractivity contribution in [1.82, 2.24) is 15.0 Å². The second kappa shape index (κ2) is 8.47. The molecule has 0 bridgehead atoms. The van der Waals surface area contributed by atoms with Crippen LogP contribution in [0.15, 0.2) is 0 Å². The number of aliphatic hydroxyl groups excluding tert-OH is 1. The molecule has 1 unspecified atom stereocenters. The summed E-state index contributed by atoms with van der Waals surface area (Å²) in [6.07, 6.45) is 1.77. The summed E-state index contributed by atoms with van der Waals surface area (Å²) in [4.78, 5) is 12.5. The van der Waals surface area contributed by atoms with E-state index in [-0.39, 0.29) is 6.61 Å². The first-order valence-corrected chi connectivity index (χ1v) is 6.64. The molecule has 1 heterocycles. The van der Waals surface area contributed by atoms with Gasteiger partial charge in [0.2, 0.25) is 11.9 Å². The van der Waals surface area contributed by atoms with Crippen molar-refractivity contribution in [2.75, 3.05) is 37.4 Å². The largest absolute Gasteiger partial charge is 0.464 e. The highest BCUT2D eigenvalue weighted by Gasteiger charge is 2.09. The third-order valence-electron chi connectivity index (χ3n) is 2.78. The number of anilines is 2. The van der Waals surface area contributed by atoms with Crippen molar-refractivity contribution < 1.29 is 9.84 Å². The molecule has 1 atom stereocenters. The van der Waals surface area contributed by atoms with Gasteiger partial charge in [-0.2, -0.15) is 15.0 Å². The molecule has 0 aliphatic heterocycles. The van der Waals surface area contributed by atoms with Gasteiger partial charge in [0.05, 0.1) is 6.61 Å². The zero-order valence-corrected chi connectivity index (χ0v) is 11.8. The predicted octanol–water partition coefficient (Wildman–Crippen LogP) is 1.13. The van der Waals surface area contributed by atoms with Gasteiger partial charge in [0.15, 0.2) is 0 Å². The van der Waals surface area contributed by atoms with Crippen LogP contribution in [0.3, 0.4) is 0 Å². The minimum Gasteiger partial charge on any atom is -0.464 e. The van der Waals surface area contributed by atoms with Crippen molar-refractivity contribution in [3.63, 3.8) is 0 Å². The average Bonchev–Trinajstić information content (AvgIpc) is 2.43. The van der Waals surface area contributed by atoms with Crippen LogP contribution in [-0.4, -0.2) is 46.9 Å². The highest BCUT2D eigenvalue weighted by atomic mass is 16.5. The van der Waals surface area contributed by atoms with Gasteiger partial charge in [-0.15, -0.1) is 0 Å². The second-order valence-electron chi connectivity index (χ2n) is 4.12. The van der Waals surface area contributed by atoms with Crippen LogP contribution in [0.5, 0.6) is 6.01 Å². The Morgan fingerprint density at radius 2 is 1.95 bits per heavy atom. The third kappa shape index (κ3) is 5.25. The van der Waals surface area contributed by atoms with E-state index in [1.165, 1.54) is 0 Å². The average molecular weight is 269 g/mol. The van der Waals surface area contributed by atoms with Gasteiger partial charge in [0.1, 0.15) is 0 Å². The Hall–Kier alpha value is -1.63. The molecule has 0 aliphatic carbocycles. The van der Waals surface area contributed by atoms with Crippen LogP contribution in [0.4, 0.5) is 11.9 Å². The van der Waals surface area contributed by atoms with Gasteiger partial charge in [-0.1, -0.05) is 13.3 Å². The van der Waals surface area contributed by atoms with E-state index in [2.05, 4.69) is 32.5 Å². The van der Waals surface area contributed by atoms with Gasteiger partial charge in [-0.3, -0.25) is 0 Å². The Morgan fingerprint density at radius 1 is 1.21 bits per heavy atom. The number of hydrogen-bond acceptors (Lipinski definition) is 7. The van der Waals surface area contributed by atoms with Crippen LogP contribution in [0.2, 0.25) is 0 Å². The first-order chi connectivity index (χ1) is 9.23. The molecular weight excluding hydrogens is 246 g/mol. The Morgan fingerprint density at radius 3 is 2.53 bits per heavy atom. The fourth-order valence-electron chi connectivity index (χ4n) is 1.61. The van der Waals surface area contributed by atoms with Crippen molar-refractivity contribution >= 4 is 11.9 Å². The van der Waals surface area contributed by atoms with Gasteiger partial charge < -0.3 is 20.5 Å². The van der Waals surface area contributed by atoms with Crippen molar-refractivity contribution in [2.24, 2.45) is 5.92 Å². The first kappa shape index (κ1) is 15.4. The fourth-order valence-corrected chi connectivity index (χ4v) is 1.61. The second-order valence-corrected chi connectivity index (χ2v) is 4.12. The molecule has 7 heteroatoms. The molecule has 0 fully saturated rings. The number of nitrogens with one attached hydrogen (secondary N) is 2.